The number of urea groups is 1. The molecule has 1 aromatic heterocycles. The molecule has 0 saturated carbocycles. The van der Waals surface area contributed by atoms with Crippen LogP contribution < -0.4 is 9.64 Å². The van der Waals surface area contributed by atoms with Crippen molar-refractivity contribution < 1.29 is 14.6 Å². The summed E-state index contributed by atoms with van der Waals surface area (Å²) in [5.74, 6) is 0. The number of carbonyl (C=O) groups is 1. The largest absolute Gasteiger partial charge is 0.469 e. The number of unbranched alkanes of at least 4 members (excludes halogenated alkanes) is 1. The molecule has 1 fully saturated rings. The summed E-state index contributed by atoms with van der Waals surface area (Å²) in [5.41, 5.74) is 0. The zero-order valence-electron chi connectivity index (χ0n) is 13.6. The third-order valence-electron chi connectivity index (χ3n) is 3.50. The summed E-state index contributed by atoms with van der Waals surface area (Å²) in [5, 5.41) is 18.9. The molecule has 0 radical (unpaired) electrons. The molecule has 1 aromatic rings. The van der Waals surface area contributed by atoms with Crippen LogP contribution in [-0.4, -0.2) is 52.2 Å². The Morgan fingerprint density at radius 1 is 1.48 bits per heavy atom. The Morgan fingerprint density at radius 2 is 2.30 bits per heavy atom. The number of ether oxygens (including phenoxy) is 1. The minimum Gasteiger partial charge on any atom is -0.469 e. The lowest BCUT2D eigenvalue weighted by atomic mass is 10.2. The average molecular weight is 340 g/mol. The Kier molecular flexibility index (Phi) is 6.79. The molecule has 1 aliphatic rings. The van der Waals surface area contributed by atoms with Gasteiger partial charge in [-0.3, -0.25) is 0 Å². The molecule has 23 heavy (non-hydrogen) atoms. The lowest BCUT2D eigenvalue weighted by molar-refractivity contribution is 0.108. The lowest BCUT2D eigenvalue weighted by Gasteiger charge is -2.37. The molecule has 1 aliphatic heterocycles. The molecule has 1 saturated heterocycles. The molecule has 0 bridgehead atoms. The van der Waals surface area contributed by atoms with Gasteiger partial charge in [0.15, 0.2) is 0 Å². The van der Waals surface area contributed by atoms with Gasteiger partial charge in [0, 0.05) is 19.5 Å². The van der Waals surface area contributed by atoms with E-state index in [1.165, 1.54) is 16.2 Å². The molecule has 2 heterocycles. The van der Waals surface area contributed by atoms with Crippen LogP contribution in [0.15, 0.2) is 12.2 Å². The van der Waals surface area contributed by atoms with E-state index in [1.54, 1.807) is 4.90 Å². The fourth-order valence-electron chi connectivity index (χ4n) is 2.31. The van der Waals surface area contributed by atoms with Gasteiger partial charge in [-0.2, -0.15) is 0 Å². The molecule has 7 nitrogen and oxygen atoms in total. The number of hydrogen-bond donors (Lipinski definition) is 1. The summed E-state index contributed by atoms with van der Waals surface area (Å²) in [7, 11) is 0. The van der Waals surface area contributed by atoms with E-state index in [-0.39, 0.29) is 6.03 Å². The van der Waals surface area contributed by atoms with Crippen LogP contribution in [0.4, 0.5) is 9.93 Å². The fraction of sp³-hybridized carbons (Fsp3) is 0.667. The molecule has 8 heteroatoms. The molecule has 1 atom stereocenters. The lowest BCUT2D eigenvalue weighted by Crippen LogP contribution is -2.54. The van der Waals surface area contributed by atoms with Crippen LogP contribution in [0.1, 0.15) is 39.5 Å². The molecular weight excluding hydrogens is 316 g/mol. The van der Waals surface area contributed by atoms with Crippen molar-refractivity contribution in [1.29, 1.82) is 0 Å². The van der Waals surface area contributed by atoms with Crippen molar-refractivity contribution in [3.63, 3.8) is 0 Å². The number of anilines is 1. The Hall–Kier alpha value is -1.67. The minimum absolute atomic E-state index is 0.220. The van der Waals surface area contributed by atoms with Gasteiger partial charge in [0.1, 0.15) is 6.23 Å². The number of aromatic nitrogens is 2. The monoisotopic (exact) mass is 340 g/mol. The molecule has 1 unspecified atom stereocenters. The van der Waals surface area contributed by atoms with E-state index < -0.39 is 6.23 Å². The summed E-state index contributed by atoms with van der Waals surface area (Å²) < 4.78 is 5.42. The van der Waals surface area contributed by atoms with E-state index in [0.717, 1.165) is 19.3 Å². The fourth-order valence-corrected chi connectivity index (χ4v) is 3.07. The second kappa shape index (κ2) is 8.83. The maximum Gasteiger partial charge on any atom is 0.328 e. The predicted molar refractivity (Wildman–Crippen MR) is 89.8 cm³/mol. The highest BCUT2D eigenvalue weighted by molar-refractivity contribution is 7.17. The van der Waals surface area contributed by atoms with Crippen molar-refractivity contribution in [1.82, 2.24) is 15.1 Å². The Bertz CT molecular complexity index is 535. The van der Waals surface area contributed by atoms with Crippen molar-refractivity contribution in [2.45, 2.75) is 45.8 Å². The first kappa shape index (κ1) is 17.7. The Morgan fingerprint density at radius 3 is 3.04 bits per heavy atom. The van der Waals surface area contributed by atoms with Crippen molar-refractivity contribution in [3.05, 3.63) is 12.2 Å². The van der Waals surface area contributed by atoms with Crippen molar-refractivity contribution in [2.24, 2.45) is 0 Å². The van der Waals surface area contributed by atoms with Crippen LogP contribution in [0.3, 0.4) is 0 Å². The Labute approximate surface area is 140 Å². The van der Waals surface area contributed by atoms with Crippen LogP contribution in [0.2, 0.25) is 0 Å². The Balaban J connectivity index is 2.00. The summed E-state index contributed by atoms with van der Waals surface area (Å²) >= 11 is 1.18. The average Bonchev–Trinajstić information content (AvgIpc) is 3.00. The number of rotatable bonds is 8. The van der Waals surface area contributed by atoms with Crippen LogP contribution in [-0.2, 0) is 0 Å². The summed E-state index contributed by atoms with van der Waals surface area (Å²) in [6.45, 7) is 5.78. The maximum absolute atomic E-state index is 12.6. The molecule has 0 spiro atoms. The first-order valence-electron chi connectivity index (χ1n) is 8.01. The summed E-state index contributed by atoms with van der Waals surface area (Å²) in [6.07, 6.45) is 6.45. The first-order chi connectivity index (χ1) is 11.2. The second-order valence-electron chi connectivity index (χ2n) is 5.32. The third-order valence-corrected chi connectivity index (χ3v) is 4.33. The number of hydrogen-bond acceptors (Lipinski definition) is 6. The van der Waals surface area contributed by atoms with E-state index in [0.29, 0.717) is 36.4 Å². The SMILES string of the molecule is CC=CCCCN1CCC(O)N(c2nnc(OCCC)s2)C1=O. The standard InChI is InChI=1S/C15H24N4O3S/c1-3-5-6-7-9-18-10-8-12(20)19(15(18)21)13-16-17-14(23-13)22-11-4-2/h3,5,12,20H,4,6-11H2,1-2H3. The van der Waals surface area contributed by atoms with Gasteiger partial charge in [0.05, 0.1) is 6.61 Å². The quantitative estimate of drug-likeness (QED) is 0.581. The zero-order valence-corrected chi connectivity index (χ0v) is 14.5. The molecule has 1 N–H and O–H groups in total. The van der Waals surface area contributed by atoms with Crippen LogP contribution in [0.25, 0.3) is 0 Å². The first-order valence-corrected chi connectivity index (χ1v) is 8.82. The van der Waals surface area contributed by atoms with Gasteiger partial charge in [0.25, 0.3) is 5.19 Å². The van der Waals surface area contributed by atoms with Crippen molar-refractivity contribution in [3.8, 4) is 5.19 Å². The van der Waals surface area contributed by atoms with E-state index in [1.807, 2.05) is 19.9 Å². The molecule has 0 aromatic carbocycles. The maximum atomic E-state index is 12.6. The highest BCUT2D eigenvalue weighted by Crippen LogP contribution is 2.30. The minimum atomic E-state index is -0.860. The number of aliphatic hydroxyl groups is 1. The highest BCUT2D eigenvalue weighted by Gasteiger charge is 2.35. The van der Waals surface area contributed by atoms with Gasteiger partial charge in [-0.1, -0.05) is 24.2 Å². The van der Waals surface area contributed by atoms with Gasteiger partial charge < -0.3 is 14.7 Å². The third kappa shape index (κ3) is 4.65. The van der Waals surface area contributed by atoms with Gasteiger partial charge in [-0.15, -0.1) is 5.10 Å². The van der Waals surface area contributed by atoms with Crippen molar-refractivity contribution in [2.75, 3.05) is 24.6 Å². The summed E-state index contributed by atoms with van der Waals surface area (Å²) in [6, 6.07) is -0.220. The number of allylic oxidation sites excluding steroid dienone is 2. The number of amides is 2. The second-order valence-corrected chi connectivity index (χ2v) is 6.24. The van der Waals surface area contributed by atoms with Gasteiger partial charge >= 0.3 is 6.03 Å². The van der Waals surface area contributed by atoms with Gasteiger partial charge in [0.2, 0.25) is 5.13 Å². The smallest absolute Gasteiger partial charge is 0.328 e. The molecule has 0 aliphatic carbocycles. The van der Waals surface area contributed by atoms with Gasteiger partial charge in [-0.25, -0.2) is 9.69 Å². The number of aliphatic hydroxyl groups excluding tert-OH is 1. The van der Waals surface area contributed by atoms with Crippen LogP contribution >= 0.6 is 11.3 Å². The molecule has 128 valence electrons. The molecule has 2 amide bonds. The van der Waals surface area contributed by atoms with E-state index in [2.05, 4.69) is 16.3 Å². The normalized spacial score (nSPS) is 18.9. The number of carbonyl (C=O) groups excluding carboxylic acids is 1. The zero-order chi connectivity index (χ0) is 16.7. The van der Waals surface area contributed by atoms with E-state index in [9.17, 15) is 9.90 Å². The molecule has 2 rings (SSSR count). The van der Waals surface area contributed by atoms with Crippen LogP contribution in [0.5, 0.6) is 5.19 Å². The van der Waals surface area contributed by atoms with E-state index >= 15 is 0 Å². The predicted octanol–water partition coefficient (Wildman–Crippen LogP) is 2.63. The van der Waals surface area contributed by atoms with Gasteiger partial charge in [-0.05, 0) is 37.5 Å². The topological polar surface area (TPSA) is 78.8 Å². The molecular formula is C15H24N4O3S. The van der Waals surface area contributed by atoms with Crippen LogP contribution in [0, 0.1) is 0 Å². The van der Waals surface area contributed by atoms with E-state index in [4.69, 9.17) is 4.74 Å². The number of nitrogens with zero attached hydrogens (tertiary/aromatic N) is 4. The summed E-state index contributed by atoms with van der Waals surface area (Å²) in [4.78, 5) is 15.7. The highest BCUT2D eigenvalue weighted by atomic mass is 32.1. The van der Waals surface area contributed by atoms with Crippen molar-refractivity contribution >= 4 is 22.5 Å².